The molecule has 0 saturated heterocycles. The Bertz CT molecular complexity index is 549. The number of hydrogen-bond acceptors (Lipinski definition) is 6. The lowest BCUT2D eigenvalue weighted by Crippen LogP contribution is -2.20. The third-order valence-electron chi connectivity index (χ3n) is 1.97. The predicted molar refractivity (Wildman–Crippen MR) is 66.0 cm³/mol. The Morgan fingerprint density at radius 2 is 2.15 bits per heavy atom. The van der Waals surface area contributed by atoms with Crippen molar-refractivity contribution in [2.45, 2.75) is 12.8 Å². The van der Waals surface area contributed by atoms with Gasteiger partial charge in [-0.25, -0.2) is 0 Å². The molecule has 0 aliphatic carbocycles. The quantitative estimate of drug-likeness (QED) is 0.330. The molecule has 0 radical (unpaired) electrons. The zero-order valence-corrected chi connectivity index (χ0v) is 11.9. The van der Waals surface area contributed by atoms with Gasteiger partial charge in [-0.2, -0.15) is 0 Å². The van der Waals surface area contributed by atoms with Crippen LogP contribution < -0.4 is 4.74 Å². The number of alkyl halides is 3. The number of nitro groups is 1. The molecule has 1 rings (SSSR count). The van der Waals surface area contributed by atoms with Crippen LogP contribution in [0.2, 0.25) is 0 Å². The van der Waals surface area contributed by atoms with Crippen LogP contribution in [0.4, 0.5) is 19.0 Å². The zero-order valence-electron chi connectivity index (χ0n) is 9.73. The first-order chi connectivity index (χ1) is 9.14. The molecule has 0 aliphatic heterocycles. The molecule has 0 N–H and O–H groups in total. The van der Waals surface area contributed by atoms with Crippen LogP contribution in [0.5, 0.6) is 5.88 Å². The Morgan fingerprint density at radius 1 is 1.55 bits per heavy atom. The van der Waals surface area contributed by atoms with Gasteiger partial charge in [-0.1, -0.05) is 0 Å². The Balaban J connectivity index is 3.32. The van der Waals surface area contributed by atoms with Gasteiger partial charge in [-0.3, -0.25) is 4.79 Å². The van der Waals surface area contributed by atoms with E-state index in [4.69, 9.17) is 0 Å². The van der Waals surface area contributed by atoms with E-state index in [0.717, 1.165) is 13.2 Å². The second-order valence-corrected chi connectivity index (χ2v) is 4.47. The third-order valence-corrected chi connectivity index (χ3v) is 2.93. The molecule has 20 heavy (non-hydrogen) atoms. The van der Waals surface area contributed by atoms with E-state index in [9.17, 15) is 28.1 Å². The molecule has 0 bridgehead atoms. The summed E-state index contributed by atoms with van der Waals surface area (Å²) >= 11 is 1.55. The number of pyridine rings is 1. The highest BCUT2D eigenvalue weighted by molar-refractivity contribution is 14.1. The normalized spacial score (nSPS) is 11.1. The van der Waals surface area contributed by atoms with Crippen molar-refractivity contribution in [3.05, 3.63) is 25.3 Å². The minimum absolute atomic E-state index is 0.0361. The lowest BCUT2D eigenvalue weighted by atomic mass is 10.2. The molecule has 110 valence electrons. The molecule has 0 atom stereocenters. The maximum absolute atomic E-state index is 12.3. The summed E-state index contributed by atoms with van der Waals surface area (Å²) in [5, 5.41) is 10.6. The van der Waals surface area contributed by atoms with E-state index in [0.29, 0.717) is 0 Å². The van der Waals surface area contributed by atoms with E-state index in [1.54, 1.807) is 22.6 Å². The van der Waals surface area contributed by atoms with Gasteiger partial charge in [0.2, 0.25) is 0 Å². The highest BCUT2D eigenvalue weighted by atomic mass is 127. The van der Waals surface area contributed by atoms with Crippen molar-refractivity contribution in [3.8, 4) is 5.88 Å². The summed E-state index contributed by atoms with van der Waals surface area (Å²) in [6.07, 6.45) is -5.64. The van der Waals surface area contributed by atoms with E-state index < -0.39 is 35.4 Å². The van der Waals surface area contributed by atoms with Gasteiger partial charge in [0.25, 0.3) is 0 Å². The minimum atomic E-state index is -5.09. The largest absolute Gasteiger partial charge is 0.575 e. The van der Waals surface area contributed by atoms with Crippen molar-refractivity contribution in [3.63, 3.8) is 0 Å². The van der Waals surface area contributed by atoms with Crippen molar-refractivity contribution in [2.75, 3.05) is 7.11 Å². The first kappa shape index (κ1) is 16.4. The van der Waals surface area contributed by atoms with Crippen molar-refractivity contribution in [1.29, 1.82) is 0 Å². The molecule has 11 heteroatoms. The topological polar surface area (TPSA) is 91.6 Å². The fraction of sp³-hybridized carbons (Fsp3) is 0.333. The molecular formula is C9H6F3IN2O5. The van der Waals surface area contributed by atoms with Crippen LogP contribution in [-0.2, 0) is 16.0 Å². The highest BCUT2D eigenvalue weighted by Crippen LogP contribution is 2.31. The van der Waals surface area contributed by atoms with Gasteiger partial charge in [-0.05, 0) is 27.5 Å². The first-order valence-corrected chi connectivity index (χ1v) is 5.88. The average molecular weight is 406 g/mol. The number of ether oxygens (including phenoxy) is 2. The van der Waals surface area contributed by atoms with Crippen molar-refractivity contribution in [2.24, 2.45) is 0 Å². The van der Waals surface area contributed by atoms with Crippen LogP contribution in [0.1, 0.15) is 5.56 Å². The second kappa shape index (κ2) is 6.19. The van der Waals surface area contributed by atoms with Gasteiger partial charge in [-0.15, -0.1) is 13.2 Å². The fourth-order valence-corrected chi connectivity index (χ4v) is 1.87. The van der Waals surface area contributed by atoms with E-state index >= 15 is 0 Å². The summed E-state index contributed by atoms with van der Waals surface area (Å²) in [5.41, 5.74) is -0.236. The SMILES string of the molecule is COC(=O)Cc1c(I)cc([N+](=O)[O-])nc1OC(F)(F)F. The van der Waals surface area contributed by atoms with E-state index in [1.165, 1.54) is 0 Å². The maximum atomic E-state index is 12.3. The number of carbonyl (C=O) groups is 1. The number of nitrogens with zero attached hydrogens (tertiary/aromatic N) is 2. The molecule has 1 aromatic rings. The molecule has 1 aromatic heterocycles. The van der Waals surface area contributed by atoms with E-state index in [2.05, 4.69) is 14.5 Å². The minimum Gasteiger partial charge on any atom is -0.469 e. The molecule has 7 nitrogen and oxygen atoms in total. The van der Waals surface area contributed by atoms with E-state index in [-0.39, 0.29) is 9.13 Å². The summed E-state index contributed by atoms with van der Waals surface area (Å²) in [4.78, 5) is 23.9. The third kappa shape index (κ3) is 4.47. The number of rotatable bonds is 4. The number of esters is 1. The molecule has 0 fully saturated rings. The first-order valence-electron chi connectivity index (χ1n) is 4.80. The lowest BCUT2D eigenvalue weighted by molar-refractivity contribution is -0.390. The number of methoxy groups -OCH3 is 1. The molecule has 0 saturated carbocycles. The zero-order chi connectivity index (χ0) is 15.5. The van der Waals surface area contributed by atoms with Crippen molar-refractivity contribution < 1.29 is 32.4 Å². The molecule has 0 unspecified atom stereocenters. The monoisotopic (exact) mass is 406 g/mol. The molecule has 0 aromatic carbocycles. The van der Waals surface area contributed by atoms with Crippen LogP contribution in [0, 0.1) is 13.7 Å². The van der Waals surface area contributed by atoms with Crippen LogP contribution >= 0.6 is 22.6 Å². The molecule has 0 amide bonds. The smallest absolute Gasteiger partial charge is 0.469 e. The number of halogens is 4. The summed E-state index contributed by atoms with van der Waals surface area (Å²) in [7, 11) is 1.05. The molecule has 0 spiro atoms. The lowest BCUT2D eigenvalue weighted by Gasteiger charge is -2.10. The predicted octanol–water partition coefficient (Wildman–Crippen LogP) is 2.21. The van der Waals surface area contributed by atoms with Gasteiger partial charge in [0.05, 0.1) is 19.1 Å². The van der Waals surface area contributed by atoms with Gasteiger partial charge in [0.15, 0.2) is 0 Å². The fourth-order valence-electron chi connectivity index (χ4n) is 1.17. The van der Waals surface area contributed by atoms with Crippen molar-refractivity contribution >= 4 is 34.4 Å². The van der Waals surface area contributed by atoms with Gasteiger partial charge < -0.3 is 19.6 Å². The van der Waals surface area contributed by atoms with Gasteiger partial charge in [0, 0.05) is 14.6 Å². The summed E-state index contributed by atoms with van der Waals surface area (Å²) in [6, 6.07) is 0.933. The number of carbonyl (C=O) groups excluding carboxylic acids is 1. The summed E-state index contributed by atoms with van der Waals surface area (Å²) < 4.78 is 44.8. The Labute approximate surface area is 123 Å². The second-order valence-electron chi connectivity index (χ2n) is 3.30. The molecule has 0 aliphatic rings. The number of hydrogen-bond donors (Lipinski definition) is 0. The summed E-state index contributed by atoms with van der Waals surface area (Å²) in [6.45, 7) is 0. The highest BCUT2D eigenvalue weighted by Gasteiger charge is 2.36. The van der Waals surface area contributed by atoms with Crippen LogP contribution in [0.3, 0.4) is 0 Å². The Morgan fingerprint density at radius 3 is 2.60 bits per heavy atom. The average Bonchev–Trinajstić information content (AvgIpc) is 2.30. The van der Waals surface area contributed by atoms with Crippen LogP contribution in [-0.4, -0.2) is 29.3 Å². The maximum Gasteiger partial charge on any atom is 0.575 e. The van der Waals surface area contributed by atoms with Gasteiger partial charge in [0.1, 0.15) is 0 Å². The Hall–Kier alpha value is -1.66. The molecular weight excluding hydrogens is 400 g/mol. The standard InChI is InChI=1S/C9H6F3IN2O5/c1-19-7(16)2-4-5(13)3-6(15(17)18)14-8(4)20-9(10,11)12/h3H,2H2,1H3. The van der Waals surface area contributed by atoms with Gasteiger partial charge >= 0.3 is 24.0 Å². The number of aromatic nitrogens is 1. The van der Waals surface area contributed by atoms with Crippen LogP contribution in [0.15, 0.2) is 6.07 Å². The summed E-state index contributed by atoms with van der Waals surface area (Å²) in [5.74, 6) is -2.69. The Kier molecular flexibility index (Phi) is 5.08. The van der Waals surface area contributed by atoms with E-state index in [1.807, 2.05) is 0 Å². The van der Waals surface area contributed by atoms with Crippen molar-refractivity contribution in [1.82, 2.24) is 4.98 Å². The molecule has 1 heterocycles. The van der Waals surface area contributed by atoms with Crippen LogP contribution in [0.25, 0.3) is 0 Å².